The van der Waals surface area contributed by atoms with Crippen LogP contribution in [-0.4, -0.2) is 30.9 Å². The summed E-state index contributed by atoms with van der Waals surface area (Å²) in [5.74, 6) is 0.418. The number of aryl methyl sites for hydroxylation is 1. The number of carbonyl (C=O) groups is 1. The van der Waals surface area contributed by atoms with Gasteiger partial charge in [0, 0.05) is 20.1 Å². The normalized spacial score (nSPS) is 12.5. The third-order valence-corrected chi connectivity index (χ3v) is 3.55. The van der Waals surface area contributed by atoms with Crippen molar-refractivity contribution < 1.29 is 4.79 Å². The zero-order valence-corrected chi connectivity index (χ0v) is 12.3. The van der Waals surface area contributed by atoms with Gasteiger partial charge in [-0.2, -0.15) is 0 Å². The first kappa shape index (κ1) is 15.7. The van der Waals surface area contributed by atoms with Crippen LogP contribution in [0.2, 0.25) is 0 Å². The van der Waals surface area contributed by atoms with Crippen molar-refractivity contribution in [2.45, 2.75) is 26.7 Å². The van der Waals surface area contributed by atoms with Gasteiger partial charge in [0.15, 0.2) is 0 Å². The molecule has 1 rings (SSSR count). The molecule has 1 amide bonds. The number of amides is 1. The molecule has 1 atom stereocenters. The standard InChI is InChI=1S/C16H26N2O/c1-13(2)15(12-17)16(19)18(3)11-7-10-14-8-5-4-6-9-14/h4-6,8-9,13,15H,7,10-12,17H2,1-3H3. The molecule has 1 unspecified atom stereocenters. The number of rotatable bonds is 7. The molecule has 0 heterocycles. The van der Waals surface area contributed by atoms with Crippen molar-refractivity contribution >= 4 is 5.91 Å². The maximum atomic E-state index is 12.2. The second kappa shape index (κ2) is 7.95. The molecule has 0 aliphatic heterocycles. The van der Waals surface area contributed by atoms with E-state index in [-0.39, 0.29) is 11.8 Å². The van der Waals surface area contributed by atoms with Gasteiger partial charge in [0.2, 0.25) is 5.91 Å². The molecule has 2 N–H and O–H groups in total. The second-order valence-corrected chi connectivity index (χ2v) is 5.44. The minimum Gasteiger partial charge on any atom is -0.345 e. The number of carbonyl (C=O) groups excluding carboxylic acids is 1. The molecular formula is C16H26N2O. The molecule has 0 bridgehead atoms. The summed E-state index contributed by atoms with van der Waals surface area (Å²) in [4.78, 5) is 14.0. The molecule has 0 saturated carbocycles. The molecule has 1 aromatic rings. The van der Waals surface area contributed by atoms with Crippen molar-refractivity contribution in [1.29, 1.82) is 0 Å². The van der Waals surface area contributed by atoms with Gasteiger partial charge < -0.3 is 10.6 Å². The zero-order valence-electron chi connectivity index (χ0n) is 12.3. The first-order valence-corrected chi connectivity index (χ1v) is 7.05. The summed E-state index contributed by atoms with van der Waals surface area (Å²) < 4.78 is 0. The van der Waals surface area contributed by atoms with Gasteiger partial charge in [-0.25, -0.2) is 0 Å². The van der Waals surface area contributed by atoms with Crippen molar-refractivity contribution in [3.05, 3.63) is 35.9 Å². The Morgan fingerprint density at radius 2 is 1.89 bits per heavy atom. The van der Waals surface area contributed by atoms with Crippen LogP contribution in [-0.2, 0) is 11.2 Å². The number of hydrogen-bond donors (Lipinski definition) is 1. The first-order chi connectivity index (χ1) is 9.06. The van der Waals surface area contributed by atoms with Crippen molar-refractivity contribution in [2.24, 2.45) is 17.6 Å². The average molecular weight is 262 g/mol. The number of hydrogen-bond acceptors (Lipinski definition) is 2. The van der Waals surface area contributed by atoms with E-state index in [1.54, 1.807) is 0 Å². The van der Waals surface area contributed by atoms with Crippen LogP contribution >= 0.6 is 0 Å². The molecule has 0 fully saturated rings. The van der Waals surface area contributed by atoms with Gasteiger partial charge in [0.25, 0.3) is 0 Å². The summed E-state index contributed by atoms with van der Waals surface area (Å²) in [6.07, 6.45) is 2.00. The third kappa shape index (κ3) is 5.03. The Labute approximate surface area is 116 Å². The van der Waals surface area contributed by atoms with Gasteiger partial charge in [-0.15, -0.1) is 0 Å². The summed E-state index contributed by atoms with van der Waals surface area (Å²) in [6.45, 7) is 5.32. The van der Waals surface area contributed by atoms with Crippen LogP contribution in [0.25, 0.3) is 0 Å². The van der Waals surface area contributed by atoms with Gasteiger partial charge in [0.1, 0.15) is 0 Å². The Morgan fingerprint density at radius 1 is 1.26 bits per heavy atom. The smallest absolute Gasteiger partial charge is 0.226 e. The highest BCUT2D eigenvalue weighted by Crippen LogP contribution is 2.13. The van der Waals surface area contributed by atoms with Crippen molar-refractivity contribution in [1.82, 2.24) is 4.90 Å². The fraction of sp³-hybridized carbons (Fsp3) is 0.562. The molecule has 0 spiro atoms. The highest BCUT2D eigenvalue weighted by molar-refractivity contribution is 5.79. The molecule has 1 aromatic carbocycles. The molecule has 0 saturated heterocycles. The molecule has 19 heavy (non-hydrogen) atoms. The van der Waals surface area contributed by atoms with E-state index in [2.05, 4.69) is 12.1 Å². The lowest BCUT2D eigenvalue weighted by atomic mass is 9.94. The molecule has 0 aliphatic rings. The van der Waals surface area contributed by atoms with Gasteiger partial charge in [-0.3, -0.25) is 4.79 Å². The fourth-order valence-electron chi connectivity index (χ4n) is 2.22. The lowest BCUT2D eigenvalue weighted by Crippen LogP contribution is -2.39. The Hall–Kier alpha value is -1.35. The monoisotopic (exact) mass is 262 g/mol. The zero-order chi connectivity index (χ0) is 14.3. The quantitative estimate of drug-likeness (QED) is 0.819. The lowest BCUT2D eigenvalue weighted by molar-refractivity contribution is -0.135. The maximum Gasteiger partial charge on any atom is 0.226 e. The number of nitrogens with two attached hydrogens (primary N) is 1. The van der Waals surface area contributed by atoms with Crippen LogP contribution in [0.1, 0.15) is 25.8 Å². The third-order valence-electron chi connectivity index (χ3n) is 3.55. The highest BCUT2D eigenvalue weighted by Gasteiger charge is 2.23. The summed E-state index contributed by atoms with van der Waals surface area (Å²) in [5.41, 5.74) is 7.01. The van der Waals surface area contributed by atoms with Crippen LogP contribution < -0.4 is 5.73 Å². The minimum atomic E-state index is -0.0540. The summed E-state index contributed by atoms with van der Waals surface area (Å²) in [7, 11) is 1.87. The average Bonchev–Trinajstić information content (AvgIpc) is 2.40. The fourth-order valence-corrected chi connectivity index (χ4v) is 2.22. The van der Waals surface area contributed by atoms with E-state index in [1.165, 1.54) is 5.56 Å². The van der Waals surface area contributed by atoms with Crippen molar-refractivity contribution in [3.63, 3.8) is 0 Å². The Kier molecular flexibility index (Phi) is 6.57. The van der Waals surface area contributed by atoms with Crippen LogP contribution in [0.4, 0.5) is 0 Å². The van der Waals surface area contributed by atoms with Crippen LogP contribution in [0.15, 0.2) is 30.3 Å². The van der Waals surface area contributed by atoms with Crippen LogP contribution in [0, 0.1) is 11.8 Å². The SMILES string of the molecule is CC(C)C(CN)C(=O)N(C)CCCc1ccccc1. The summed E-state index contributed by atoms with van der Waals surface area (Å²) >= 11 is 0. The molecule has 3 heteroatoms. The molecule has 106 valence electrons. The minimum absolute atomic E-state index is 0.0540. The number of nitrogens with zero attached hydrogens (tertiary/aromatic N) is 1. The van der Waals surface area contributed by atoms with Crippen molar-refractivity contribution in [2.75, 3.05) is 20.1 Å². The number of benzene rings is 1. The van der Waals surface area contributed by atoms with E-state index < -0.39 is 0 Å². The largest absolute Gasteiger partial charge is 0.345 e. The van der Waals surface area contributed by atoms with E-state index in [1.807, 2.05) is 44.0 Å². The van der Waals surface area contributed by atoms with E-state index in [4.69, 9.17) is 5.73 Å². The summed E-state index contributed by atoms with van der Waals surface area (Å²) in [6, 6.07) is 10.4. The van der Waals surface area contributed by atoms with Crippen molar-refractivity contribution in [3.8, 4) is 0 Å². The lowest BCUT2D eigenvalue weighted by Gasteiger charge is -2.25. The molecule has 0 radical (unpaired) electrons. The topological polar surface area (TPSA) is 46.3 Å². The van der Waals surface area contributed by atoms with E-state index >= 15 is 0 Å². The first-order valence-electron chi connectivity index (χ1n) is 7.05. The Bertz CT molecular complexity index is 376. The van der Waals surface area contributed by atoms with E-state index in [0.717, 1.165) is 19.4 Å². The van der Waals surface area contributed by atoms with E-state index in [9.17, 15) is 4.79 Å². The summed E-state index contributed by atoms with van der Waals surface area (Å²) in [5, 5.41) is 0. The van der Waals surface area contributed by atoms with E-state index in [0.29, 0.717) is 12.5 Å². The van der Waals surface area contributed by atoms with Gasteiger partial charge in [-0.1, -0.05) is 44.2 Å². The Morgan fingerprint density at radius 3 is 2.42 bits per heavy atom. The second-order valence-electron chi connectivity index (χ2n) is 5.44. The van der Waals surface area contributed by atoms with Gasteiger partial charge in [-0.05, 0) is 24.3 Å². The van der Waals surface area contributed by atoms with Crippen LogP contribution in [0.3, 0.4) is 0 Å². The molecular weight excluding hydrogens is 236 g/mol. The predicted molar refractivity (Wildman–Crippen MR) is 79.8 cm³/mol. The van der Waals surface area contributed by atoms with Crippen LogP contribution in [0.5, 0.6) is 0 Å². The Balaban J connectivity index is 2.38. The van der Waals surface area contributed by atoms with Gasteiger partial charge in [0.05, 0.1) is 5.92 Å². The van der Waals surface area contributed by atoms with Gasteiger partial charge >= 0.3 is 0 Å². The molecule has 0 aromatic heterocycles. The molecule has 3 nitrogen and oxygen atoms in total. The maximum absolute atomic E-state index is 12.2. The molecule has 0 aliphatic carbocycles. The highest BCUT2D eigenvalue weighted by atomic mass is 16.2. The predicted octanol–water partition coefficient (Wildman–Crippen LogP) is 2.31.